The highest BCUT2D eigenvalue weighted by atomic mass is 16.2. The number of Topliss-reactive ketones (excluding diaryl/α,β-unsaturated/α-hetero) is 1. The molecule has 5 nitrogen and oxygen atoms in total. The molecule has 28 heavy (non-hydrogen) atoms. The van der Waals surface area contributed by atoms with Crippen molar-refractivity contribution in [2.45, 2.75) is 46.1 Å². The Labute approximate surface area is 164 Å². The molecule has 0 saturated carbocycles. The van der Waals surface area contributed by atoms with Crippen molar-refractivity contribution in [2.24, 2.45) is 0 Å². The molecule has 0 radical (unpaired) electrons. The topological polar surface area (TPSA) is 66.5 Å². The van der Waals surface area contributed by atoms with Gasteiger partial charge in [0.05, 0.1) is 6.54 Å². The summed E-state index contributed by atoms with van der Waals surface area (Å²) in [5.74, 6) is -0.537. The molecule has 4 rings (SSSR count). The average Bonchev–Trinajstić information content (AvgIpc) is 3.16. The van der Waals surface area contributed by atoms with E-state index in [9.17, 15) is 14.4 Å². The minimum absolute atomic E-state index is 0.212. The van der Waals surface area contributed by atoms with Crippen molar-refractivity contribution < 1.29 is 14.4 Å². The summed E-state index contributed by atoms with van der Waals surface area (Å²) >= 11 is 0. The largest absolute Gasteiger partial charge is 0.325 e. The van der Waals surface area contributed by atoms with Crippen LogP contribution in [0, 0.1) is 27.7 Å². The van der Waals surface area contributed by atoms with Crippen LogP contribution in [0.15, 0.2) is 30.3 Å². The summed E-state index contributed by atoms with van der Waals surface area (Å²) in [6.45, 7) is 7.67. The standard InChI is InChI=1S/C23H24N2O3/c1-13-11-18(16(4)15(3)14(13)2)20(26)12-25-21(27)23(24-22(25)28)10-9-17-7-5-6-8-19(17)23/h5-8,11H,9-10,12H2,1-4H3,(H,24,28)/t23-/m1/s1. The molecule has 5 heteroatoms. The van der Waals surface area contributed by atoms with Crippen LogP contribution in [0.1, 0.15) is 50.2 Å². The number of hydrogen-bond donors (Lipinski definition) is 1. The number of rotatable bonds is 3. The first-order chi connectivity index (χ1) is 13.3. The van der Waals surface area contributed by atoms with Crippen LogP contribution in [-0.2, 0) is 16.8 Å². The zero-order valence-electron chi connectivity index (χ0n) is 16.7. The summed E-state index contributed by atoms with van der Waals surface area (Å²) < 4.78 is 0. The number of ketones is 1. The zero-order chi connectivity index (χ0) is 20.2. The van der Waals surface area contributed by atoms with Crippen LogP contribution in [0.25, 0.3) is 0 Å². The van der Waals surface area contributed by atoms with Crippen LogP contribution in [-0.4, -0.2) is 29.2 Å². The number of aryl methyl sites for hydroxylation is 2. The first kappa shape index (κ1) is 18.4. The molecule has 2 aromatic rings. The molecule has 0 aromatic heterocycles. The van der Waals surface area contributed by atoms with E-state index in [1.807, 2.05) is 58.0 Å². The highest BCUT2D eigenvalue weighted by Crippen LogP contribution is 2.41. The van der Waals surface area contributed by atoms with Crippen LogP contribution in [0.5, 0.6) is 0 Å². The molecule has 1 heterocycles. The molecule has 1 fully saturated rings. The van der Waals surface area contributed by atoms with E-state index in [4.69, 9.17) is 0 Å². The molecule has 0 unspecified atom stereocenters. The first-order valence-corrected chi connectivity index (χ1v) is 9.59. The fraction of sp³-hybridized carbons (Fsp3) is 0.348. The van der Waals surface area contributed by atoms with Gasteiger partial charge in [-0.3, -0.25) is 14.5 Å². The van der Waals surface area contributed by atoms with Crippen LogP contribution in [0.2, 0.25) is 0 Å². The second-order valence-corrected chi connectivity index (χ2v) is 7.92. The summed E-state index contributed by atoms with van der Waals surface area (Å²) in [6, 6.07) is 9.06. The van der Waals surface area contributed by atoms with E-state index in [1.54, 1.807) is 0 Å². The van der Waals surface area contributed by atoms with Gasteiger partial charge in [-0.05, 0) is 80.0 Å². The van der Waals surface area contributed by atoms with Gasteiger partial charge in [0, 0.05) is 5.56 Å². The van der Waals surface area contributed by atoms with Crippen molar-refractivity contribution in [1.29, 1.82) is 0 Å². The SMILES string of the molecule is Cc1cc(C(=O)CN2C(=O)N[C@@]3(CCc4ccccc43)C2=O)c(C)c(C)c1C. The van der Waals surface area contributed by atoms with E-state index in [0.717, 1.165) is 44.7 Å². The minimum Gasteiger partial charge on any atom is -0.319 e. The quantitative estimate of drug-likeness (QED) is 0.659. The lowest BCUT2D eigenvalue weighted by Gasteiger charge is -2.22. The maximum Gasteiger partial charge on any atom is 0.325 e. The Morgan fingerprint density at radius 3 is 2.54 bits per heavy atom. The van der Waals surface area contributed by atoms with Crippen molar-refractivity contribution in [3.8, 4) is 0 Å². The molecule has 2 aromatic carbocycles. The maximum absolute atomic E-state index is 13.2. The molecule has 2 aliphatic rings. The van der Waals surface area contributed by atoms with E-state index < -0.39 is 11.6 Å². The number of nitrogens with one attached hydrogen (secondary N) is 1. The molecule has 1 aliphatic carbocycles. The van der Waals surface area contributed by atoms with Crippen molar-refractivity contribution in [1.82, 2.24) is 10.2 Å². The van der Waals surface area contributed by atoms with Crippen molar-refractivity contribution in [3.63, 3.8) is 0 Å². The Kier molecular flexibility index (Phi) is 4.14. The number of benzene rings is 2. The van der Waals surface area contributed by atoms with Gasteiger partial charge in [0.1, 0.15) is 5.54 Å². The second-order valence-electron chi connectivity index (χ2n) is 7.92. The van der Waals surface area contributed by atoms with Gasteiger partial charge in [0.15, 0.2) is 5.78 Å². The molecule has 0 bridgehead atoms. The summed E-state index contributed by atoms with van der Waals surface area (Å²) in [5, 5.41) is 2.87. The Bertz CT molecular complexity index is 1040. The number of carbonyl (C=O) groups is 3. The molecule has 1 N–H and O–H groups in total. The van der Waals surface area contributed by atoms with Crippen molar-refractivity contribution in [2.75, 3.05) is 6.54 Å². The lowest BCUT2D eigenvalue weighted by atomic mass is 9.91. The van der Waals surface area contributed by atoms with Crippen LogP contribution < -0.4 is 5.32 Å². The fourth-order valence-corrected chi connectivity index (χ4v) is 4.46. The second kappa shape index (κ2) is 6.30. The van der Waals surface area contributed by atoms with Crippen LogP contribution in [0.3, 0.4) is 0 Å². The summed E-state index contributed by atoms with van der Waals surface area (Å²) in [4.78, 5) is 40.0. The lowest BCUT2D eigenvalue weighted by molar-refractivity contribution is -0.131. The summed E-state index contributed by atoms with van der Waals surface area (Å²) in [7, 11) is 0. The highest BCUT2D eigenvalue weighted by molar-refractivity contribution is 6.12. The summed E-state index contributed by atoms with van der Waals surface area (Å²) in [5.41, 5.74) is 5.64. The van der Waals surface area contributed by atoms with E-state index in [0.29, 0.717) is 12.0 Å². The lowest BCUT2D eigenvalue weighted by Crippen LogP contribution is -2.42. The van der Waals surface area contributed by atoms with Gasteiger partial charge in [-0.1, -0.05) is 24.3 Å². The van der Waals surface area contributed by atoms with Crippen LogP contribution >= 0.6 is 0 Å². The third-order valence-corrected chi connectivity index (χ3v) is 6.51. The van der Waals surface area contributed by atoms with Gasteiger partial charge >= 0.3 is 6.03 Å². The predicted octanol–water partition coefficient (Wildman–Crippen LogP) is 3.50. The Hall–Kier alpha value is -2.95. The van der Waals surface area contributed by atoms with E-state index >= 15 is 0 Å². The number of nitrogens with zero attached hydrogens (tertiary/aromatic N) is 1. The number of hydrogen-bond acceptors (Lipinski definition) is 3. The van der Waals surface area contributed by atoms with Gasteiger partial charge in [0.25, 0.3) is 5.91 Å². The molecular weight excluding hydrogens is 352 g/mol. The monoisotopic (exact) mass is 376 g/mol. The Morgan fingerprint density at radius 1 is 1.07 bits per heavy atom. The zero-order valence-corrected chi connectivity index (χ0v) is 16.7. The average molecular weight is 376 g/mol. The number of amides is 3. The predicted molar refractivity (Wildman–Crippen MR) is 106 cm³/mol. The number of imide groups is 1. The molecule has 144 valence electrons. The van der Waals surface area contributed by atoms with Gasteiger partial charge < -0.3 is 5.32 Å². The van der Waals surface area contributed by atoms with E-state index in [2.05, 4.69) is 5.32 Å². The van der Waals surface area contributed by atoms with E-state index in [-0.39, 0.29) is 18.2 Å². The number of fused-ring (bicyclic) bond motifs is 2. The number of carbonyl (C=O) groups excluding carboxylic acids is 3. The smallest absolute Gasteiger partial charge is 0.319 e. The van der Waals surface area contributed by atoms with Crippen molar-refractivity contribution in [3.05, 3.63) is 69.3 Å². The third kappa shape index (κ3) is 2.49. The molecule has 1 atom stereocenters. The summed E-state index contributed by atoms with van der Waals surface area (Å²) in [6.07, 6.45) is 1.27. The highest BCUT2D eigenvalue weighted by Gasteiger charge is 2.55. The minimum atomic E-state index is -1.03. The Balaban J connectivity index is 1.65. The first-order valence-electron chi connectivity index (χ1n) is 9.59. The fourth-order valence-electron chi connectivity index (χ4n) is 4.46. The maximum atomic E-state index is 13.2. The van der Waals surface area contributed by atoms with Gasteiger partial charge in [-0.25, -0.2) is 4.79 Å². The third-order valence-electron chi connectivity index (χ3n) is 6.51. The Morgan fingerprint density at radius 2 is 1.79 bits per heavy atom. The van der Waals surface area contributed by atoms with E-state index in [1.165, 1.54) is 0 Å². The normalized spacial score (nSPS) is 20.6. The van der Waals surface area contributed by atoms with Gasteiger partial charge in [-0.2, -0.15) is 0 Å². The molecule has 3 amide bonds. The number of urea groups is 1. The van der Waals surface area contributed by atoms with Crippen molar-refractivity contribution >= 4 is 17.7 Å². The van der Waals surface area contributed by atoms with Gasteiger partial charge in [-0.15, -0.1) is 0 Å². The molecular formula is C23H24N2O3. The van der Waals surface area contributed by atoms with Gasteiger partial charge in [0.2, 0.25) is 0 Å². The molecule has 1 aliphatic heterocycles. The molecule has 1 saturated heterocycles. The van der Waals surface area contributed by atoms with Crippen LogP contribution in [0.4, 0.5) is 4.79 Å². The molecule has 1 spiro atoms.